The molecule has 1 aromatic carbocycles. The molecule has 0 atom stereocenters. The molecule has 1 fully saturated rings. The smallest absolute Gasteiger partial charge is 0.420 e. The van der Waals surface area contributed by atoms with Gasteiger partial charge in [-0.1, -0.05) is 6.92 Å². The van der Waals surface area contributed by atoms with E-state index in [-0.39, 0.29) is 6.04 Å². The van der Waals surface area contributed by atoms with E-state index in [2.05, 4.69) is 6.92 Å². The van der Waals surface area contributed by atoms with E-state index in [9.17, 15) is 28.1 Å². The number of non-ortho nitro benzene ring substituents is 1. The number of hydrogen-bond donors (Lipinski definition) is 0. The Hall–Kier alpha value is -2.32. The Kier molecular flexibility index (Phi) is 6.09. The maximum Gasteiger partial charge on any atom is 0.420 e. The number of nitro groups is 1. The molecule has 0 spiro atoms. The Labute approximate surface area is 149 Å². The molecule has 144 valence electrons. The number of benzene rings is 1. The van der Waals surface area contributed by atoms with Gasteiger partial charge in [0.1, 0.15) is 11.3 Å². The molecule has 0 saturated heterocycles. The van der Waals surface area contributed by atoms with Crippen molar-refractivity contribution in [3.63, 3.8) is 0 Å². The van der Waals surface area contributed by atoms with Gasteiger partial charge in [0, 0.05) is 25.2 Å². The Morgan fingerprint density at radius 1 is 1.31 bits per heavy atom. The number of ether oxygens (including phenoxy) is 1. The lowest BCUT2D eigenvalue weighted by Gasteiger charge is -2.33. The lowest BCUT2D eigenvalue weighted by molar-refractivity contribution is -0.385. The van der Waals surface area contributed by atoms with E-state index in [1.54, 1.807) is 7.05 Å². The normalized spacial score (nSPS) is 20.5. The molecule has 1 aliphatic rings. The van der Waals surface area contributed by atoms with Crippen LogP contribution in [0.15, 0.2) is 18.2 Å². The van der Waals surface area contributed by atoms with Gasteiger partial charge in [-0.25, -0.2) is 0 Å². The lowest BCUT2D eigenvalue weighted by atomic mass is 9.87. The lowest BCUT2D eigenvalue weighted by Crippen LogP contribution is -2.41. The van der Waals surface area contributed by atoms with Crippen LogP contribution in [-0.2, 0) is 11.0 Å². The zero-order valence-electron chi connectivity index (χ0n) is 14.6. The molecule has 0 aliphatic heterocycles. The number of halogens is 3. The van der Waals surface area contributed by atoms with Gasteiger partial charge in [0.2, 0.25) is 0 Å². The van der Waals surface area contributed by atoms with Crippen LogP contribution < -0.4 is 4.74 Å². The molecule has 1 aliphatic carbocycles. The molecule has 2 rings (SSSR count). The SMILES string of the molecule is CC1CCC(N(C)C(=O)COc2ccc([N+](=O)[O-])cc2C(F)(F)F)CC1. The first-order valence-corrected chi connectivity index (χ1v) is 8.33. The first-order valence-electron chi connectivity index (χ1n) is 8.33. The Morgan fingerprint density at radius 3 is 2.46 bits per heavy atom. The molecule has 1 aromatic rings. The van der Waals surface area contributed by atoms with Gasteiger partial charge >= 0.3 is 6.18 Å². The Balaban J connectivity index is 2.06. The number of nitrogens with zero attached hydrogens (tertiary/aromatic N) is 2. The molecule has 26 heavy (non-hydrogen) atoms. The maximum absolute atomic E-state index is 13.1. The van der Waals surface area contributed by atoms with Gasteiger partial charge in [-0.05, 0) is 37.7 Å². The second kappa shape index (κ2) is 7.92. The van der Waals surface area contributed by atoms with Crippen LogP contribution in [0, 0.1) is 16.0 Å². The van der Waals surface area contributed by atoms with Gasteiger partial charge in [0.15, 0.2) is 6.61 Å². The zero-order chi connectivity index (χ0) is 19.5. The first-order chi connectivity index (χ1) is 12.1. The Morgan fingerprint density at radius 2 is 1.92 bits per heavy atom. The first kappa shape index (κ1) is 20.0. The number of amides is 1. The van der Waals surface area contributed by atoms with E-state index in [0.717, 1.165) is 37.8 Å². The van der Waals surface area contributed by atoms with Crippen molar-refractivity contribution in [2.45, 2.75) is 44.8 Å². The predicted molar refractivity (Wildman–Crippen MR) is 87.8 cm³/mol. The summed E-state index contributed by atoms with van der Waals surface area (Å²) in [5.41, 5.74) is -1.96. The molecular weight excluding hydrogens is 353 g/mol. The summed E-state index contributed by atoms with van der Waals surface area (Å²) < 4.78 is 44.4. The van der Waals surface area contributed by atoms with Crippen molar-refractivity contribution >= 4 is 11.6 Å². The second-order valence-corrected chi connectivity index (χ2v) is 6.64. The van der Waals surface area contributed by atoms with E-state index in [0.29, 0.717) is 12.0 Å². The second-order valence-electron chi connectivity index (χ2n) is 6.64. The van der Waals surface area contributed by atoms with Gasteiger partial charge in [-0.2, -0.15) is 13.2 Å². The highest BCUT2D eigenvalue weighted by Crippen LogP contribution is 2.38. The molecule has 0 N–H and O–H groups in total. The molecule has 6 nitrogen and oxygen atoms in total. The fourth-order valence-corrected chi connectivity index (χ4v) is 3.05. The van der Waals surface area contributed by atoms with E-state index >= 15 is 0 Å². The van der Waals surface area contributed by atoms with E-state index in [1.807, 2.05) is 0 Å². The molecule has 0 heterocycles. The zero-order valence-corrected chi connectivity index (χ0v) is 14.6. The molecule has 9 heteroatoms. The predicted octanol–water partition coefficient (Wildman–Crippen LogP) is 4.03. The third-order valence-electron chi connectivity index (χ3n) is 4.76. The average molecular weight is 374 g/mol. The summed E-state index contributed by atoms with van der Waals surface area (Å²) >= 11 is 0. The van der Waals surface area contributed by atoms with E-state index < -0.39 is 40.6 Å². The monoisotopic (exact) mass is 374 g/mol. The highest BCUT2D eigenvalue weighted by Gasteiger charge is 2.36. The third-order valence-corrected chi connectivity index (χ3v) is 4.76. The number of hydrogen-bond acceptors (Lipinski definition) is 4. The van der Waals surface area contributed by atoms with Gasteiger partial charge in [-0.15, -0.1) is 0 Å². The molecular formula is C17H21F3N2O4. The summed E-state index contributed by atoms with van der Waals surface area (Å²) in [7, 11) is 1.62. The molecule has 0 bridgehead atoms. The van der Waals surface area contributed by atoms with Crippen LogP contribution >= 0.6 is 0 Å². The molecule has 1 saturated carbocycles. The van der Waals surface area contributed by atoms with Crippen LogP contribution in [-0.4, -0.2) is 35.4 Å². The van der Waals surface area contributed by atoms with Crippen LogP contribution in [0.3, 0.4) is 0 Å². The third kappa shape index (κ3) is 4.86. The summed E-state index contributed by atoms with van der Waals surface area (Å²) in [5, 5.41) is 10.7. The minimum absolute atomic E-state index is 0.0567. The van der Waals surface area contributed by atoms with Crippen molar-refractivity contribution in [2.24, 2.45) is 5.92 Å². The van der Waals surface area contributed by atoms with Gasteiger partial charge in [0.05, 0.1) is 4.92 Å². The van der Waals surface area contributed by atoms with Crippen LogP contribution in [0.1, 0.15) is 38.2 Å². The highest BCUT2D eigenvalue weighted by molar-refractivity contribution is 5.77. The largest absolute Gasteiger partial charge is 0.483 e. The summed E-state index contributed by atoms with van der Waals surface area (Å²) in [6.07, 6.45) is -1.10. The Bertz CT molecular complexity index is 670. The van der Waals surface area contributed by atoms with Gasteiger partial charge in [0.25, 0.3) is 11.6 Å². The highest BCUT2D eigenvalue weighted by atomic mass is 19.4. The summed E-state index contributed by atoms with van der Waals surface area (Å²) in [5.74, 6) is -0.404. The van der Waals surface area contributed by atoms with Crippen molar-refractivity contribution in [3.8, 4) is 5.75 Å². The molecule has 0 radical (unpaired) electrons. The van der Waals surface area contributed by atoms with Crippen molar-refractivity contribution in [2.75, 3.05) is 13.7 Å². The van der Waals surface area contributed by atoms with Crippen molar-refractivity contribution < 1.29 is 27.6 Å². The van der Waals surface area contributed by atoms with Crippen LogP contribution in [0.4, 0.5) is 18.9 Å². The van der Waals surface area contributed by atoms with Crippen molar-refractivity contribution in [1.29, 1.82) is 0 Å². The number of alkyl halides is 3. The number of carbonyl (C=O) groups excluding carboxylic acids is 1. The fourth-order valence-electron chi connectivity index (χ4n) is 3.05. The molecule has 0 aromatic heterocycles. The average Bonchev–Trinajstić information content (AvgIpc) is 2.58. The fraction of sp³-hybridized carbons (Fsp3) is 0.588. The number of likely N-dealkylation sites (N-methyl/N-ethyl adjacent to an activating group) is 1. The summed E-state index contributed by atoms with van der Waals surface area (Å²) in [6, 6.07) is 2.25. The number of carbonyl (C=O) groups is 1. The minimum atomic E-state index is -4.82. The summed E-state index contributed by atoms with van der Waals surface area (Å²) in [4.78, 5) is 23.5. The van der Waals surface area contributed by atoms with Gasteiger partial charge in [-0.3, -0.25) is 14.9 Å². The quantitative estimate of drug-likeness (QED) is 0.576. The van der Waals surface area contributed by atoms with Crippen molar-refractivity contribution in [1.82, 2.24) is 4.90 Å². The van der Waals surface area contributed by atoms with E-state index in [4.69, 9.17) is 4.74 Å². The van der Waals surface area contributed by atoms with Crippen LogP contribution in [0.2, 0.25) is 0 Å². The van der Waals surface area contributed by atoms with Crippen LogP contribution in [0.5, 0.6) is 5.75 Å². The van der Waals surface area contributed by atoms with Crippen LogP contribution in [0.25, 0.3) is 0 Å². The van der Waals surface area contributed by atoms with E-state index in [1.165, 1.54) is 4.90 Å². The topological polar surface area (TPSA) is 72.7 Å². The molecule has 1 amide bonds. The summed E-state index contributed by atoms with van der Waals surface area (Å²) in [6.45, 7) is 1.60. The number of rotatable bonds is 5. The maximum atomic E-state index is 13.1. The van der Waals surface area contributed by atoms with Gasteiger partial charge < -0.3 is 9.64 Å². The minimum Gasteiger partial charge on any atom is -0.483 e. The molecule has 0 unspecified atom stereocenters. The van der Waals surface area contributed by atoms with Crippen molar-refractivity contribution in [3.05, 3.63) is 33.9 Å². The standard InChI is InChI=1S/C17H21F3N2O4/c1-11-3-5-12(6-4-11)21(2)16(23)10-26-15-8-7-13(22(24)25)9-14(15)17(18,19)20/h7-9,11-12H,3-6,10H2,1-2H3. The number of nitro benzene ring substituents is 1.